The summed E-state index contributed by atoms with van der Waals surface area (Å²) < 4.78 is 16.0. The van der Waals surface area contributed by atoms with Crippen LogP contribution in [0.2, 0.25) is 0 Å². The zero-order chi connectivity index (χ0) is 15.2. The number of methoxy groups -OCH3 is 2. The predicted molar refractivity (Wildman–Crippen MR) is 79.9 cm³/mol. The third kappa shape index (κ3) is 3.95. The number of aryl methyl sites for hydroxylation is 1. The van der Waals surface area contributed by atoms with E-state index in [-0.39, 0.29) is 12.0 Å². The second-order valence-electron chi connectivity index (χ2n) is 5.21. The first-order chi connectivity index (χ1) is 10.2. The lowest BCUT2D eigenvalue weighted by Gasteiger charge is -2.33. The van der Waals surface area contributed by atoms with E-state index < -0.39 is 0 Å². The van der Waals surface area contributed by atoms with Crippen molar-refractivity contribution in [3.05, 3.63) is 29.3 Å². The fourth-order valence-electron chi connectivity index (χ4n) is 2.52. The predicted octanol–water partition coefficient (Wildman–Crippen LogP) is 1.88. The molecule has 1 aromatic carbocycles. The lowest BCUT2D eigenvalue weighted by Crippen LogP contribution is -2.46. The van der Waals surface area contributed by atoms with Gasteiger partial charge in [0, 0.05) is 32.4 Å². The average Bonchev–Trinajstić information content (AvgIpc) is 2.52. The summed E-state index contributed by atoms with van der Waals surface area (Å²) >= 11 is 0. The van der Waals surface area contributed by atoms with Gasteiger partial charge in [-0.25, -0.2) is 0 Å². The van der Waals surface area contributed by atoms with Crippen LogP contribution < -0.4 is 4.74 Å². The summed E-state index contributed by atoms with van der Waals surface area (Å²) in [6, 6.07) is 5.53. The van der Waals surface area contributed by atoms with Crippen LogP contribution in [0, 0.1) is 6.92 Å². The van der Waals surface area contributed by atoms with Crippen molar-refractivity contribution in [2.45, 2.75) is 19.4 Å². The van der Waals surface area contributed by atoms with Crippen LogP contribution in [-0.4, -0.2) is 57.4 Å². The highest BCUT2D eigenvalue weighted by molar-refractivity contribution is 5.94. The Hall–Kier alpha value is -1.59. The summed E-state index contributed by atoms with van der Waals surface area (Å²) in [6.07, 6.45) is 0.865. The Morgan fingerprint density at radius 2 is 2.24 bits per heavy atom. The Kier molecular flexibility index (Phi) is 5.59. The molecule has 5 heteroatoms. The van der Waals surface area contributed by atoms with Gasteiger partial charge in [-0.3, -0.25) is 4.79 Å². The van der Waals surface area contributed by atoms with Gasteiger partial charge >= 0.3 is 0 Å². The van der Waals surface area contributed by atoms with Crippen LogP contribution >= 0.6 is 0 Å². The van der Waals surface area contributed by atoms with Crippen LogP contribution in [0.3, 0.4) is 0 Å². The molecular weight excluding hydrogens is 270 g/mol. The zero-order valence-corrected chi connectivity index (χ0v) is 12.9. The fourth-order valence-corrected chi connectivity index (χ4v) is 2.52. The molecule has 116 valence electrons. The summed E-state index contributed by atoms with van der Waals surface area (Å²) in [5.41, 5.74) is 1.66. The minimum Gasteiger partial charge on any atom is -0.496 e. The lowest BCUT2D eigenvalue weighted by atomic mass is 10.1. The number of benzene rings is 1. The van der Waals surface area contributed by atoms with Gasteiger partial charge in [-0.15, -0.1) is 0 Å². The van der Waals surface area contributed by atoms with Crippen LogP contribution in [0.5, 0.6) is 5.75 Å². The molecule has 0 N–H and O–H groups in total. The molecule has 1 amide bonds. The van der Waals surface area contributed by atoms with Gasteiger partial charge in [0.15, 0.2) is 0 Å². The Bertz CT molecular complexity index is 489. The number of hydrogen-bond acceptors (Lipinski definition) is 4. The summed E-state index contributed by atoms with van der Waals surface area (Å²) in [5, 5.41) is 0. The molecule has 2 rings (SSSR count). The average molecular weight is 293 g/mol. The number of rotatable bonds is 5. The van der Waals surface area contributed by atoms with E-state index >= 15 is 0 Å². The third-order valence-electron chi connectivity index (χ3n) is 3.71. The molecule has 1 saturated heterocycles. The van der Waals surface area contributed by atoms with Crippen molar-refractivity contribution in [2.75, 3.05) is 40.5 Å². The second kappa shape index (κ2) is 7.43. The van der Waals surface area contributed by atoms with E-state index in [1.54, 1.807) is 14.2 Å². The van der Waals surface area contributed by atoms with E-state index in [0.717, 1.165) is 17.7 Å². The van der Waals surface area contributed by atoms with Gasteiger partial charge in [-0.2, -0.15) is 0 Å². The van der Waals surface area contributed by atoms with Crippen LogP contribution in [0.4, 0.5) is 0 Å². The van der Waals surface area contributed by atoms with E-state index in [9.17, 15) is 4.79 Å². The molecule has 0 aromatic heterocycles. The minimum absolute atomic E-state index is 0.0477. The van der Waals surface area contributed by atoms with Gasteiger partial charge in [0.25, 0.3) is 5.91 Å². The molecule has 0 spiro atoms. The van der Waals surface area contributed by atoms with Crippen molar-refractivity contribution in [2.24, 2.45) is 0 Å². The molecule has 0 unspecified atom stereocenters. The maximum Gasteiger partial charge on any atom is 0.254 e. The molecule has 0 bridgehead atoms. The molecule has 1 atom stereocenters. The summed E-state index contributed by atoms with van der Waals surface area (Å²) in [5.74, 6) is 0.845. The van der Waals surface area contributed by atoms with Gasteiger partial charge in [-0.05, 0) is 37.1 Å². The molecule has 0 aliphatic carbocycles. The molecule has 1 heterocycles. The monoisotopic (exact) mass is 293 g/mol. The number of amides is 1. The van der Waals surface area contributed by atoms with E-state index in [4.69, 9.17) is 14.2 Å². The van der Waals surface area contributed by atoms with Crippen molar-refractivity contribution in [3.63, 3.8) is 0 Å². The van der Waals surface area contributed by atoms with Crippen molar-refractivity contribution in [3.8, 4) is 5.75 Å². The maximum absolute atomic E-state index is 12.6. The van der Waals surface area contributed by atoms with E-state index in [0.29, 0.717) is 31.9 Å². The molecule has 0 saturated carbocycles. The highest BCUT2D eigenvalue weighted by atomic mass is 16.5. The van der Waals surface area contributed by atoms with E-state index in [2.05, 4.69) is 0 Å². The molecule has 5 nitrogen and oxygen atoms in total. The largest absolute Gasteiger partial charge is 0.496 e. The van der Waals surface area contributed by atoms with E-state index in [1.807, 2.05) is 30.0 Å². The topological polar surface area (TPSA) is 48.0 Å². The molecule has 21 heavy (non-hydrogen) atoms. The third-order valence-corrected chi connectivity index (χ3v) is 3.71. The van der Waals surface area contributed by atoms with Crippen LogP contribution in [0.25, 0.3) is 0 Å². The lowest BCUT2D eigenvalue weighted by molar-refractivity contribution is -0.0332. The van der Waals surface area contributed by atoms with Crippen molar-refractivity contribution in [1.82, 2.24) is 4.90 Å². The zero-order valence-electron chi connectivity index (χ0n) is 12.9. The van der Waals surface area contributed by atoms with E-state index in [1.165, 1.54) is 0 Å². The number of ether oxygens (including phenoxy) is 3. The van der Waals surface area contributed by atoms with Crippen molar-refractivity contribution in [1.29, 1.82) is 0 Å². The maximum atomic E-state index is 12.6. The van der Waals surface area contributed by atoms with Gasteiger partial charge in [0.05, 0.1) is 19.8 Å². The SMILES string of the molecule is COCC[C@@H]1CN(C(=O)c2ccc(OC)c(C)c2)CCO1. The molecule has 1 aliphatic rings. The summed E-state index contributed by atoms with van der Waals surface area (Å²) in [4.78, 5) is 14.4. The molecular formula is C16H23NO4. The molecule has 1 aliphatic heterocycles. The highest BCUT2D eigenvalue weighted by Crippen LogP contribution is 2.20. The molecule has 1 fully saturated rings. The Morgan fingerprint density at radius 1 is 1.43 bits per heavy atom. The van der Waals surface area contributed by atoms with Crippen molar-refractivity contribution < 1.29 is 19.0 Å². The Balaban J connectivity index is 2.03. The first-order valence-electron chi connectivity index (χ1n) is 7.20. The quantitative estimate of drug-likeness (QED) is 0.831. The van der Waals surface area contributed by atoms with Gasteiger partial charge in [-0.1, -0.05) is 0 Å². The molecule has 1 aromatic rings. The van der Waals surface area contributed by atoms with Crippen molar-refractivity contribution >= 4 is 5.91 Å². The van der Waals surface area contributed by atoms with Crippen LogP contribution in [0.15, 0.2) is 18.2 Å². The molecule has 0 radical (unpaired) electrons. The highest BCUT2D eigenvalue weighted by Gasteiger charge is 2.25. The van der Waals surface area contributed by atoms with Gasteiger partial charge in [0.1, 0.15) is 5.75 Å². The standard InChI is InChI=1S/C16H23NO4/c1-12-10-13(4-5-15(12)20-3)16(18)17-7-9-21-14(11-17)6-8-19-2/h4-5,10,14H,6-9,11H2,1-3H3/t14-/m1/s1. The summed E-state index contributed by atoms with van der Waals surface area (Å²) in [7, 11) is 3.30. The number of morpholine rings is 1. The first-order valence-corrected chi connectivity index (χ1v) is 7.20. The Labute approximate surface area is 125 Å². The minimum atomic E-state index is 0.0477. The first kappa shape index (κ1) is 15.8. The fraction of sp³-hybridized carbons (Fsp3) is 0.562. The number of hydrogen-bond donors (Lipinski definition) is 0. The van der Waals surface area contributed by atoms with Crippen LogP contribution in [-0.2, 0) is 9.47 Å². The second-order valence-corrected chi connectivity index (χ2v) is 5.21. The number of carbonyl (C=O) groups is 1. The number of carbonyl (C=O) groups excluding carboxylic acids is 1. The normalized spacial score (nSPS) is 18.6. The van der Waals surface area contributed by atoms with Crippen LogP contribution in [0.1, 0.15) is 22.3 Å². The Morgan fingerprint density at radius 3 is 2.90 bits per heavy atom. The summed E-state index contributed by atoms with van der Waals surface area (Å²) in [6.45, 7) is 4.42. The smallest absolute Gasteiger partial charge is 0.254 e. The van der Waals surface area contributed by atoms with Gasteiger partial charge < -0.3 is 19.1 Å². The number of nitrogens with zero attached hydrogens (tertiary/aromatic N) is 1. The van der Waals surface area contributed by atoms with Gasteiger partial charge in [0.2, 0.25) is 0 Å².